The monoisotopic (exact) mass is 232 g/mol. The Balaban J connectivity index is 2.10. The molecule has 1 saturated heterocycles. The molecule has 0 amide bonds. The van der Waals surface area contributed by atoms with Crippen LogP contribution in [0.1, 0.15) is 25.8 Å². The van der Waals surface area contributed by atoms with Crippen molar-refractivity contribution in [3.05, 3.63) is 29.8 Å². The minimum Gasteiger partial charge on any atom is -0.370 e. The fraction of sp³-hybridized carbons (Fsp3) is 0.600. The van der Waals surface area contributed by atoms with Crippen LogP contribution < -0.4 is 10.2 Å². The van der Waals surface area contributed by atoms with E-state index in [1.54, 1.807) is 0 Å². The third-order valence-electron chi connectivity index (χ3n) is 3.63. The molecule has 1 aliphatic rings. The maximum Gasteiger partial charge on any atom is 0.0366 e. The Labute approximate surface area is 105 Å². The van der Waals surface area contributed by atoms with Gasteiger partial charge < -0.3 is 10.2 Å². The van der Waals surface area contributed by atoms with Gasteiger partial charge in [0.2, 0.25) is 0 Å². The molecule has 1 heterocycles. The third kappa shape index (κ3) is 3.22. The highest BCUT2D eigenvalue weighted by molar-refractivity contribution is 5.47. The first-order valence-electron chi connectivity index (χ1n) is 6.72. The van der Waals surface area contributed by atoms with Gasteiger partial charge in [-0.3, -0.25) is 0 Å². The molecule has 1 N–H and O–H groups in total. The van der Waals surface area contributed by atoms with Gasteiger partial charge in [-0.2, -0.15) is 0 Å². The number of nitrogens with zero attached hydrogens (tertiary/aromatic N) is 1. The second-order valence-electron chi connectivity index (χ2n) is 5.44. The van der Waals surface area contributed by atoms with E-state index < -0.39 is 0 Å². The van der Waals surface area contributed by atoms with Crippen molar-refractivity contribution in [2.75, 3.05) is 24.5 Å². The maximum atomic E-state index is 3.65. The second-order valence-corrected chi connectivity index (χ2v) is 5.44. The number of aryl methyl sites for hydroxylation is 1. The van der Waals surface area contributed by atoms with Crippen molar-refractivity contribution in [2.45, 2.75) is 33.2 Å². The summed E-state index contributed by atoms with van der Waals surface area (Å²) in [6.45, 7) is 10.2. The van der Waals surface area contributed by atoms with Crippen LogP contribution in [0.2, 0.25) is 0 Å². The van der Waals surface area contributed by atoms with E-state index >= 15 is 0 Å². The standard InChI is InChI=1S/C15H24N2/c1-12(2)15-11-17(10-4-9-16-15)14-7-5-13(3)6-8-14/h5-8,12,15-16H,4,9-11H2,1-3H3. The second kappa shape index (κ2) is 5.54. The van der Waals surface area contributed by atoms with Gasteiger partial charge in [0, 0.05) is 24.8 Å². The van der Waals surface area contributed by atoms with Crippen LogP contribution in [0.15, 0.2) is 24.3 Å². The molecule has 0 bridgehead atoms. The minimum atomic E-state index is 0.610. The zero-order valence-corrected chi connectivity index (χ0v) is 11.2. The quantitative estimate of drug-likeness (QED) is 0.843. The predicted octanol–water partition coefficient (Wildman–Crippen LogP) is 2.82. The molecule has 0 saturated carbocycles. The summed E-state index contributed by atoms with van der Waals surface area (Å²) >= 11 is 0. The lowest BCUT2D eigenvalue weighted by atomic mass is 10.0. The first-order chi connectivity index (χ1) is 8.16. The van der Waals surface area contributed by atoms with Crippen LogP contribution in [0.5, 0.6) is 0 Å². The van der Waals surface area contributed by atoms with Crippen molar-refractivity contribution < 1.29 is 0 Å². The molecule has 0 aromatic heterocycles. The summed E-state index contributed by atoms with van der Waals surface area (Å²) in [6, 6.07) is 9.52. The molecule has 1 unspecified atom stereocenters. The Morgan fingerprint density at radius 1 is 1.24 bits per heavy atom. The highest BCUT2D eigenvalue weighted by Crippen LogP contribution is 2.18. The summed E-state index contributed by atoms with van der Waals surface area (Å²) in [5.41, 5.74) is 2.70. The first-order valence-corrected chi connectivity index (χ1v) is 6.72. The molecule has 1 aromatic carbocycles. The van der Waals surface area contributed by atoms with Crippen molar-refractivity contribution in [3.8, 4) is 0 Å². The SMILES string of the molecule is Cc1ccc(N2CCCNC(C(C)C)C2)cc1. The Hall–Kier alpha value is -1.02. The molecule has 0 spiro atoms. The topological polar surface area (TPSA) is 15.3 Å². The van der Waals surface area contributed by atoms with Crippen LogP contribution in [-0.4, -0.2) is 25.7 Å². The van der Waals surface area contributed by atoms with Crippen LogP contribution in [0.25, 0.3) is 0 Å². The maximum absolute atomic E-state index is 3.65. The van der Waals surface area contributed by atoms with Crippen LogP contribution in [-0.2, 0) is 0 Å². The Bertz CT molecular complexity index is 342. The van der Waals surface area contributed by atoms with E-state index in [1.165, 1.54) is 24.2 Å². The lowest BCUT2D eigenvalue weighted by molar-refractivity contribution is 0.420. The smallest absolute Gasteiger partial charge is 0.0366 e. The van der Waals surface area contributed by atoms with E-state index in [4.69, 9.17) is 0 Å². The highest BCUT2D eigenvalue weighted by atomic mass is 15.2. The molecular weight excluding hydrogens is 208 g/mol. The molecule has 1 atom stereocenters. The van der Waals surface area contributed by atoms with Crippen LogP contribution in [0.4, 0.5) is 5.69 Å². The molecule has 17 heavy (non-hydrogen) atoms. The zero-order valence-electron chi connectivity index (χ0n) is 11.2. The van der Waals surface area contributed by atoms with E-state index in [2.05, 4.69) is 55.3 Å². The number of hydrogen-bond acceptors (Lipinski definition) is 2. The van der Waals surface area contributed by atoms with Gasteiger partial charge in [0.25, 0.3) is 0 Å². The van der Waals surface area contributed by atoms with Gasteiger partial charge in [-0.1, -0.05) is 31.5 Å². The average molecular weight is 232 g/mol. The molecule has 2 rings (SSSR count). The van der Waals surface area contributed by atoms with Gasteiger partial charge in [0.05, 0.1) is 0 Å². The molecule has 0 radical (unpaired) electrons. The molecule has 1 aromatic rings. The van der Waals surface area contributed by atoms with E-state index in [9.17, 15) is 0 Å². The molecule has 1 aliphatic heterocycles. The number of benzene rings is 1. The van der Waals surface area contributed by atoms with E-state index in [0.717, 1.165) is 13.1 Å². The van der Waals surface area contributed by atoms with Crippen molar-refractivity contribution in [1.82, 2.24) is 5.32 Å². The normalized spacial score (nSPS) is 21.6. The largest absolute Gasteiger partial charge is 0.370 e. The van der Waals surface area contributed by atoms with Gasteiger partial charge in [-0.25, -0.2) is 0 Å². The summed E-state index contributed by atoms with van der Waals surface area (Å²) in [4.78, 5) is 2.52. The van der Waals surface area contributed by atoms with Crippen LogP contribution in [0.3, 0.4) is 0 Å². The Morgan fingerprint density at radius 3 is 2.59 bits per heavy atom. The van der Waals surface area contributed by atoms with Gasteiger partial charge in [-0.15, -0.1) is 0 Å². The molecule has 2 nitrogen and oxygen atoms in total. The van der Waals surface area contributed by atoms with Gasteiger partial charge in [0.1, 0.15) is 0 Å². The van der Waals surface area contributed by atoms with Crippen LogP contribution in [0, 0.1) is 12.8 Å². The Morgan fingerprint density at radius 2 is 1.94 bits per heavy atom. The highest BCUT2D eigenvalue weighted by Gasteiger charge is 2.20. The summed E-state index contributed by atoms with van der Waals surface area (Å²) in [7, 11) is 0. The lowest BCUT2D eigenvalue weighted by Gasteiger charge is -2.28. The molecular formula is C15H24N2. The number of nitrogens with one attached hydrogen (secondary N) is 1. The number of rotatable bonds is 2. The number of anilines is 1. The zero-order chi connectivity index (χ0) is 12.3. The summed E-state index contributed by atoms with van der Waals surface area (Å²) < 4.78 is 0. The minimum absolute atomic E-state index is 0.610. The van der Waals surface area contributed by atoms with E-state index in [-0.39, 0.29) is 0 Å². The fourth-order valence-electron chi connectivity index (χ4n) is 2.39. The van der Waals surface area contributed by atoms with E-state index in [1.807, 2.05) is 0 Å². The molecule has 0 aliphatic carbocycles. The van der Waals surface area contributed by atoms with Crippen molar-refractivity contribution in [1.29, 1.82) is 0 Å². The number of hydrogen-bond donors (Lipinski definition) is 1. The van der Waals surface area contributed by atoms with Gasteiger partial charge in [0.15, 0.2) is 0 Å². The van der Waals surface area contributed by atoms with Crippen molar-refractivity contribution in [3.63, 3.8) is 0 Å². The van der Waals surface area contributed by atoms with Crippen molar-refractivity contribution in [2.24, 2.45) is 5.92 Å². The van der Waals surface area contributed by atoms with Gasteiger partial charge >= 0.3 is 0 Å². The first kappa shape index (κ1) is 12.4. The van der Waals surface area contributed by atoms with Crippen molar-refractivity contribution >= 4 is 5.69 Å². The average Bonchev–Trinajstić information content (AvgIpc) is 2.55. The molecule has 2 heteroatoms. The molecule has 1 fully saturated rings. The Kier molecular flexibility index (Phi) is 4.06. The summed E-state index contributed by atoms with van der Waals surface area (Å²) in [5, 5.41) is 3.65. The predicted molar refractivity (Wildman–Crippen MR) is 74.6 cm³/mol. The third-order valence-corrected chi connectivity index (χ3v) is 3.63. The van der Waals surface area contributed by atoms with E-state index in [0.29, 0.717) is 12.0 Å². The fourth-order valence-corrected chi connectivity index (χ4v) is 2.39. The summed E-state index contributed by atoms with van der Waals surface area (Å²) in [6.07, 6.45) is 1.23. The lowest BCUT2D eigenvalue weighted by Crippen LogP contribution is -2.41. The van der Waals surface area contributed by atoms with Crippen LogP contribution >= 0.6 is 0 Å². The molecule has 94 valence electrons. The van der Waals surface area contributed by atoms with Gasteiger partial charge in [-0.05, 0) is 37.9 Å². The summed E-state index contributed by atoms with van der Waals surface area (Å²) in [5.74, 6) is 0.695.